The molecule has 0 unspecified atom stereocenters. The fourth-order valence-electron chi connectivity index (χ4n) is 1.79. The van der Waals surface area contributed by atoms with E-state index in [-0.39, 0.29) is 6.61 Å². The third-order valence-corrected chi connectivity index (χ3v) is 2.82. The number of nitrogens with zero attached hydrogens (tertiary/aromatic N) is 1. The molecule has 1 heterocycles. The van der Waals surface area contributed by atoms with Crippen LogP contribution in [0.5, 0.6) is 11.6 Å². The van der Waals surface area contributed by atoms with E-state index in [9.17, 15) is 9.90 Å². The topological polar surface area (TPSA) is 79.7 Å². The first kappa shape index (κ1) is 14.7. The van der Waals surface area contributed by atoms with Crippen LogP contribution in [-0.4, -0.2) is 21.2 Å². The van der Waals surface area contributed by atoms with Gasteiger partial charge in [-0.25, -0.2) is 9.78 Å². The van der Waals surface area contributed by atoms with Gasteiger partial charge in [-0.3, -0.25) is 0 Å². The molecule has 2 aromatic rings. The quantitative estimate of drug-likeness (QED) is 0.826. The molecule has 5 nitrogen and oxygen atoms in total. The zero-order valence-corrected chi connectivity index (χ0v) is 11.5. The van der Waals surface area contributed by atoms with Gasteiger partial charge in [-0.15, -0.1) is 0 Å². The second-order valence-electron chi connectivity index (χ2n) is 4.43. The van der Waals surface area contributed by atoms with Crippen molar-refractivity contribution in [1.82, 2.24) is 4.98 Å². The molecule has 0 fully saturated rings. The molecule has 2 N–H and O–H groups in total. The standard InChI is InChI=1S/C16H15NO4/c1-11-8-12(6-7-15(19)20)9-17-16(11)21-14-5-3-2-4-13(14)10-18/h2-9,18H,10H2,1H3,(H,19,20)/b7-6+. The molecule has 0 saturated carbocycles. The summed E-state index contributed by atoms with van der Waals surface area (Å²) in [7, 11) is 0. The van der Waals surface area contributed by atoms with Crippen molar-refractivity contribution in [2.24, 2.45) is 0 Å². The Labute approximate surface area is 122 Å². The monoisotopic (exact) mass is 285 g/mol. The molecule has 2 rings (SSSR count). The van der Waals surface area contributed by atoms with E-state index in [0.29, 0.717) is 22.8 Å². The van der Waals surface area contributed by atoms with E-state index < -0.39 is 5.97 Å². The summed E-state index contributed by atoms with van der Waals surface area (Å²) in [6, 6.07) is 8.94. The smallest absolute Gasteiger partial charge is 0.328 e. The Kier molecular flexibility index (Phi) is 4.68. The van der Waals surface area contributed by atoms with Crippen molar-refractivity contribution in [1.29, 1.82) is 0 Å². The number of aliphatic hydroxyl groups excluding tert-OH is 1. The molecule has 0 radical (unpaired) electrons. The van der Waals surface area contributed by atoms with Gasteiger partial charge in [0.05, 0.1) is 6.61 Å². The molecule has 0 aliphatic carbocycles. The van der Waals surface area contributed by atoms with Crippen molar-refractivity contribution in [2.45, 2.75) is 13.5 Å². The van der Waals surface area contributed by atoms with E-state index in [1.807, 2.05) is 19.1 Å². The molecule has 0 atom stereocenters. The Hall–Kier alpha value is -2.66. The van der Waals surface area contributed by atoms with Crippen LogP contribution in [0.3, 0.4) is 0 Å². The number of rotatable bonds is 5. The highest BCUT2D eigenvalue weighted by molar-refractivity contribution is 5.85. The molecular formula is C16H15NO4. The van der Waals surface area contributed by atoms with Gasteiger partial charge in [0.2, 0.25) is 5.88 Å². The number of carboxylic acid groups (broad SMARTS) is 1. The lowest BCUT2D eigenvalue weighted by atomic mass is 10.2. The second-order valence-corrected chi connectivity index (χ2v) is 4.43. The van der Waals surface area contributed by atoms with Gasteiger partial charge in [0.15, 0.2) is 0 Å². The summed E-state index contributed by atoms with van der Waals surface area (Å²) in [5, 5.41) is 17.9. The van der Waals surface area contributed by atoms with E-state index in [1.54, 1.807) is 18.2 Å². The van der Waals surface area contributed by atoms with E-state index in [2.05, 4.69) is 4.98 Å². The van der Waals surface area contributed by atoms with E-state index in [1.165, 1.54) is 12.3 Å². The lowest BCUT2D eigenvalue weighted by Gasteiger charge is -2.10. The molecule has 0 spiro atoms. The Balaban J connectivity index is 2.23. The third-order valence-electron chi connectivity index (χ3n) is 2.82. The van der Waals surface area contributed by atoms with Gasteiger partial charge in [0, 0.05) is 23.4 Å². The minimum Gasteiger partial charge on any atom is -0.478 e. The average molecular weight is 285 g/mol. The molecule has 5 heteroatoms. The van der Waals surface area contributed by atoms with Gasteiger partial charge in [-0.05, 0) is 30.7 Å². The van der Waals surface area contributed by atoms with Crippen LogP contribution in [0.2, 0.25) is 0 Å². The maximum atomic E-state index is 10.5. The third kappa shape index (κ3) is 3.90. The van der Waals surface area contributed by atoms with Gasteiger partial charge in [-0.2, -0.15) is 0 Å². The molecule has 0 amide bonds. The highest BCUT2D eigenvalue weighted by Crippen LogP contribution is 2.26. The number of carboxylic acids is 1. The summed E-state index contributed by atoms with van der Waals surface area (Å²) < 4.78 is 5.70. The van der Waals surface area contributed by atoms with Crippen LogP contribution in [0.15, 0.2) is 42.6 Å². The molecule has 0 saturated heterocycles. The molecule has 21 heavy (non-hydrogen) atoms. The lowest BCUT2D eigenvalue weighted by Crippen LogP contribution is -1.96. The summed E-state index contributed by atoms with van der Waals surface area (Å²) in [4.78, 5) is 14.7. The highest BCUT2D eigenvalue weighted by Gasteiger charge is 2.07. The van der Waals surface area contributed by atoms with Crippen molar-refractivity contribution in [3.63, 3.8) is 0 Å². The van der Waals surface area contributed by atoms with E-state index in [0.717, 1.165) is 11.6 Å². The highest BCUT2D eigenvalue weighted by atomic mass is 16.5. The fraction of sp³-hybridized carbons (Fsp3) is 0.125. The summed E-state index contributed by atoms with van der Waals surface area (Å²) >= 11 is 0. The van der Waals surface area contributed by atoms with Crippen LogP contribution in [0.4, 0.5) is 0 Å². The van der Waals surface area contributed by atoms with Crippen LogP contribution in [0.25, 0.3) is 6.08 Å². The zero-order chi connectivity index (χ0) is 15.2. The molecule has 1 aromatic heterocycles. The van der Waals surface area contributed by atoms with Crippen LogP contribution in [0, 0.1) is 6.92 Å². The van der Waals surface area contributed by atoms with Crippen LogP contribution >= 0.6 is 0 Å². The summed E-state index contributed by atoms with van der Waals surface area (Å²) in [5.41, 5.74) is 2.13. The van der Waals surface area contributed by atoms with Gasteiger partial charge in [-0.1, -0.05) is 18.2 Å². The summed E-state index contributed by atoms with van der Waals surface area (Å²) in [6.45, 7) is 1.71. The summed E-state index contributed by atoms with van der Waals surface area (Å²) in [6.07, 6.45) is 4.05. The first-order valence-electron chi connectivity index (χ1n) is 6.34. The van der Waals surface area contributed by atoms with Crippen molar-refractivity contribution in [3.8, 4) is 11.6 Å². The van der Waals surface area contributed by atoms with E-state index in [4.69, 9.17) is 9.84 Å². The minimum absolute atomic E-state index is 0.116. The van der Waals surface area contributed by atoms with Gasteiger partial charge < -0.3 is 14.9 Å². The Morgan fingerprint density at radius 1 is 1.38 bits per heavy atom. The molecule has 0 bridgehead atoms. The second kappa shape index (κ2) is 6.67. The van der Waals surface area contributed by atoms with Crippen molar-refractivity contribution in [2.75, 3.05) is 0 Å². The minimum atomic E-state index is -1.01. The Bertz CT molecular complexity index is 680. The number of aromatic nitrogens is 1. The van der Waals surface area contributed by atoms with E-state index >= 15 is 0 Å². The maximum absolute atomic E-state index is 10.5. The van der Waals surface area contributed by atoms with Crippen molar-refractivity contribution < 1.29 is 19.7 Å². The van der Waals surface area contributed by atoms with Gasteiger partial charge in [0.25, 0.3) is 0 Å². The number of para-hydroxylation sites is 1. The fourth-order valence-corrected chi connectivity index (χ4v) is 1.79. The van der Waals surface area contributed by atoms with Crippen LogP contribution < -0.4 is 4.74 Å². The molecule has 0 aliphatic rings. The first-order valence-corrected chi connectivity index (χ1v) is 6.34. The number of carbonyl (C=O) groups is 1. The zero-order valence-electron chi connectivity index (χ0n) is 11.5. The SMILES string of the molecule is Cc1cc(/C=C/C(=O)O)cnc1Oc1ccccc1CO. The van der Waals surface area contributed by atoms with Gasteiger partial charge >= 0.3 is 5.97 Å². The average Bonchev–Trinajstić information content (AvgIpc) is 2.48. The number of hydrogen-bond donors (Lipinski definition) is 2. The molecule has 1 aromatic carbocycles. The number of pyridine rings is 1. The van der Waals surface area contributed by atoms with Crippen LogP contribution in [0.1, 0.15) is 16.7 Å². The normalized spacial score (nSPS) is 10.8. The predicted molar refractivity (Wildman–Crippen MR) is 78.1 cm³/mol. The van der Waals surface area contributed by atoms with Crippen molar-refractivity contribution in [3.05, 3.63) is 59.3 Å². The van der Waals surface area contributed by atoms with Crippen molar-refractivity contribution >= 4 is 12.0 Å². The maximum Gasteiger partial charge on any atom is 0.328 e. The number of aryl methyl sites for hydroxylation is 1. The Morgan fingerprint density at radius 2 is 2.14 bits per heavy atom. The lowest BCUT2D eigenvalue weighted by molar-refractivity contribution is -0.131. The summed E-state index contributed by atoms with van der Waals surface area (Å²) in [5.74, 6) is -0.0438. The predicted octanol–water partition coefficient (Wildman–Crippen LogP) is 2.77. The Morgan fingerprint density at radius 3 is 2.81 bits per heavy atom. The largest absolute Gasteiger partial charge is 0.478 e. The molecule has 108 valence electrons. The van der Waals surface area contributed by atoms with Gasteiger partial charge in [0.1, 0.15) is 5.75 Å². The number of hydrogen-bond acceptors (Lipinski definition) is 4. The number of aliphatic hydroxyl groups is 1. The number of aliphatic carboxylic acids is 1. The number of benzene rings is 1. The number of ether oxygens (including phenoxy) is 1. The molecular weight excluding hydrogens is 270 g/mol. The molecule has 0 aliphatic heterocycles. The van der Waals surface area contributed by atoms with Crippen LogP contribution in [-0.2, 0) is 11.4 Å². The first-order chi connectivity index (χ1) is 10.1.